The van der Waals surface area contributed by atoms with Gasteiger partial charge in [0, 0.05) is 4.43 Å². The van der Waals surface area contributed by atoms with Crippen molar-refractivity contribution >= 4 is 22.6 Å². The van der Waals surface area contributed by atoms with Gasteiger partial charge in [0.25, 0.3) is 0 Å². The summed E-state index contributed by atoms with van der Waals surface area (Å²) in [5.41, 5.74) is 0.418. The quantitative estimate of drug-likeness (QED) is 0.525. The molecule has 0 saturated carbocycles. The fourth-order valence-electron chi connectivity index (χ4n) is 1.44. The minimum atomic E-state index is 0.0903. The van der Waals surface area contributed by atoms with Gasteiger partial charge in [-0.05, 0) is 18.3 Å². The van der Waals surface area contributed by atoms with Crippen LogP contribution in [-0.2, 0) is 4.74 Å². The highest BCUT2D eigenvalue weighted by molar-refractivity contribution is 14.1. The molecule has 1 saturated heterocycles. The first-order valence-corrected chi connectivity index (χ1v) is 5.66. The molecule has 0 spiro atoms. The second-order valence-electron chi connectivity index (χ2n) is 4.30. The minimum absolute atomic E-state index is 0.0903. The normalized spacial score (nSPS) is 42.8. The Kier molecular flexibility index (Phi) is 2.55. The van der Waals surface area contributed by atoms with Gasteiger partial charge in [-0.2, -0.15) is 0 Å². The van der Waals surface area contributed by atoms with Crippen molar-refractivity contribution in [1.29, 1.82) is 0 Å². The van der Waals surface area contributed by atoms with Crippen molar-refractivity contribution in [2.75, 3.05) is 11.0 Å². The van der Waals surface area contributed by atoms with Gasteiger partial charge in [-0.3, -0.25) is 0 Å². The molecule has 2 heteroatoms. The van der Waals surface area contributed by atoms with E-state index >= 15 is 0 Å². The average Bonchev–Trinajstić information content (AvgIpc) is 2.15. The van der Waals surface area contributed by atoms with E-state index in [0.717, 1.165) is 11.0 Å². The highest BCUT2D eigenvalue weighted by Gasteiger charge is 2.50. The molecule has 1 aliphatic rings. The van der Waals surface area contributed by atoms with Crippen LogP contribution in [-0.4, -0.2) is 16.6 Å². The first-order valence-electron chi connectivity index (χ1n) is 4.14. The molecule has 0 aromatic rings. The van der Waals surface area contributed by atoms with E-state index in [1.807, 2.05) is 0 Å². The molecule has 1 aliphatic heterocycles. The van der Waals surface area contributed by atoms with E-state index in [1.165, 1.54) is 0 Å². The number of hydrogen-bond donors (Lipinski definition) is 0. The summed E-state index contributed by atoms with van der Waals surface area (Å²) in [4.78, 5) is 0. The third-order valence-corrected chi connectivity index (χ3v) is 4.96. The average molecular weight is 268 g/mol. The van der Waals surface area contributed by atoms with Crippen molar-refractivity contribution in [2.24, 2.45) is 11.3 Å². The van der Waals surface area contributed by atoms with Crippen molar-refractivity contribution in [2.45, 2.75) is 33.3 Å². The lowest BCUT2D eigenvalue weighted by Gasteiger charge is -2.37. The Bertz CT molecular complexity index is 153. The third kappa shape index (κ3) is 1.32. The lowest BCUT2D eigenvalue weighted by Crippen LogP contribution is -2.42. The van der Waals surface area contributed by atoms with Crippen LogP contribution >= 0.6 is 22.6 Å². The Hall–Kier alpha value is 0.690. The van der Waals surface area contributed by atoms with E-state index in [1.54, 1.807) is 0 Å². The van der Waals surface area contributed by atoms with Crippen molar-refractivity contribution in [1.82, 2.24) is 0 Å². The Morgan fingerprint density at radius 3 is 2.18 bits per heavy atom. The van der Waals surface area contributed by atoms with E-state index in [9.17, 15) is 0 Å². The van der Waals surface area contributed by atoms with Crippen LogP contribution in [0.3, 0.4) is 0 Å². The molecular formula is C9H17IO. The summed E-state index contributed by atoms with van der Waals surface area (Å²) in [7, 11) is 0. The first-order chi connectivity index (χ1) is 4.94. The van der Waals surface area contributed by atoms with Crippen LogP contribution in [0, 0.1) is 11.3 Å². The Labute approximate surface area is 83.0 Å². The zero-order valence-electron chi connectivity index (χ0n) is 7.78. The molecule has 0 N–H and O–H groups in total. The molecule has 2 atom stereocenters. The highest BCUT2D eigenvalue weighted by atomic mass is 127. The van der Waals surface area contributed by atoms with Gasteiger partial charge in [0.2, 0.25) is 0 Å². The predicted molar refractivity (Wildman–Crippen MR) is 56.2 cm³/mol. The maximum absolute atomic E-state index is 5.81. The molecule has 1 heterocycles. The monoisotopic (exact) mass is 268 g/mol. The number of alkyl halides is 1. The summed E-state index contributed by atoms with van der Waals surface area (Å²) >= 11 is 2.42. The Morgan fingerprint density at radius 1 is 1.45 bits per heavy atom. The number of hydrogen-bond acceptors (Lipinski definition) is 1. The number of rotatable bonds is 1. The molecule has 1 fully saturated rings. The second kappa shape index (κ2) is 2.87. The van der Waals surface area contributed by atoms with Crippen LogP contribution < -0.4 is 0 Å². The zero-order valence-corrected chi connectivity index (χ0v) is 9.94. The van der Waals surface area contributed by atoms with Crippen LogP contribution in [0.2, 0.25) is 0 Å². The fourth-order valence-corrected chi connectivity index (χ4v) is 2.64. The van der Waals surface area contributed by atoms with Crippen molar-refractivity contribution in [3.63, 3.8) is 0 Å². The maximum Gasteiger partial charge on any atom is 0.0797 e. The Balaban J connectivity index is 2.86. The molecule has 11 heavy (non-hydrogen) atoms. The van der Waals surface area contributed by atoms with E-state index in [4.69, 9.17) is 4.74 Å². The molecule has 0 amide bonds. The SMILES string of the molecule is CC1COC(C)(CI)C1(C)C. The third-order valence-electron chi connectivity index (χ3n) is 3.50. The molecule has 0 aliphatic carbocycles. The van der Waals surface area contributed by atoms with Gasteiger partial charge in [-0.1, -0.05) is 43.4 Å². The molecule has 1 rings (SSSR count). The topological polar surface area (TPSA) is 9.23 Å². The summed E-state index contributed by atoms with van der Waals surface area (Å²) in [6, 6.07) is 0. The molecule has 2 unspecified atom stereocenters. The van der Waals surface area contributed by atoms with E-state index < -0.39 is 0 Å². The van der Waals surface area contributed by atoms with Crippen LogP contribution in [0.1, 0.15) is 27.7 Å². The molecule has 66 valence electrons. The first kappa shape index (κ1) is 9.78. The minimum Gasteiger partial charge on any atom is -0.374 e. The van der Waals surface area contributed by atoms with Crippen LogP contribution in [0.15, 0.2) is 0 Å². The molecule has 1 nitrogen and oxygen atoms in total. The van der Waals surface area contributed by atoms with Gasteiger partial charge >= 0.3 is 0 Å². The van der Waals surface area contributed by atoms with Gasteiger partial charge < -0.3 is 4.74 Å². The second-order valence-corrected chi connectivity index (χ2v) is 5.06. The van der Waals surface area contributed by atoms with Gasteiger partial charge in [0.05, 0.1) is 12.2 Å². The van der Waals surface area contributed by atoms with E-state index in [0.29, 0.717) is 11.3 Å². The predicted octanol–water partition coefficient (Wildman–Crippen LogP) is 2.87. The van der Waals surface area contributed by atoms with E-state index in [2.05, 4.69) is 50.3 Å². The molecule has 0 radical (unpaired) electrons. The van der Waals surface area contributed by atoms with Crippen LogP contribution in [0.5, 0.6) is 0 Å². The standard InChI is InChI=1S/C9H17IO/c1-7-5-11-9(4,6-10)8(7,2)3/h7H,5-6H2,1-4H3. The summed E-state index contributed by atoms with van der Waals surface area (Å²) in [5.74, 6) is 0.683. The highest BCUT2D eigenvalue weighted by Crippen LogP contribution is 2.47. The molecular weight excluding hydrogens is 251 g/mol. The molecule has 0 aromatic heterocycles. The van der Waals surface area contributed by atoms with Crippen molar-refractivity contribution in [3.05, 3.63) is 0 Å². The zero-order chi connectivity index (χ0) is 8.70. The van der Waals surface area contributed by atoms with Crippen molar-refractivity contribution in [3.8, 4) is 0 Å². The van der Waals surface area contributed by atoms with Crippen LogP contribution in [0.4, 0.5) is 0 Å². The number of ether oxygens (including phenoxy) is 1. The number of halogens is 1. The summed E-state index contributed by atoms with van der Waals surface area (Å²) < 4.78 is 6.90. The summed E-state index contributed by atoms with van der Waals surface area (Å²) in [6.45, 7) is 10.0. The molecule has 0 bridgehead atoms. The lowest BCUT2D eigenvalue weighted by molar-refractivity contribution is -0.0126. The summed E-state index contributed by atoms with van der Waals surface area (Å²) in [5, 5.41) is 0. The smallest absolute Gasteiger partial charge is 0.0797 e. The van der Waals surface area contributed by atoms with Crippen molar-refractivity contribution < 1.29 is 4.74 Å². The van der Waals surface area contributed by atoms with Gasteiger partial charge in [-0.25, -0.2) is 0 Å². The molecule has 0 aromatic carbocycles. The Morgan fingerprint density at radius 2 is 2.00 bits per heavy atom. The van der Waals surface area contributed by atoms with Gasteiger partial charge in [0.1, 0.15) is 0 Å². The van der Waals surface area contributed by atoms with Crippen LogP contribution in [0.25, 0.3) is 0 Å². The fraction of sp³-hybridized carbons (Fsp3) is 1.00. The van der Waals surface area contributed by atoms with E-state index in [-0.39, 0.29) is 5.60 Å². The van der Waals surface area contributed by atoms with Gasteiger partial charge in [-0.15, -0.1) is 0 Å². The lowest BCUT2D eigenvalue weighted by atomic mass is 9.71. The summed E-state index contributed by atoms with van der Waals surface area (Å²) in [6.07, 6.45) is 0. The maximum atomic E-state index is 5.81. The van der Waals surface area contributed by atoms with Gasteiger partial charge in [0.15, 0.2) is 0 Å². The largest absolute Gasteiger partial charge is 0.374 e.